The number of benzene rings is 1. The maximum atomic E-state index is 8.92. The van der Waals surface area contributed by atoms with Gasteiger partial charge in [0.25, 0.3) is 0 Å². The Hall–Kier alpha value is -0.240. The molecule has 3 heteroatoms. The summed E-state index contributed by atoms with van der Waals surface area (Å²) in [5.74, 6) is 0.798. The number of hydrogen-bond donors (Lipinski definition) is 1. The number of rotatable bonds is 2. The molecule has 0 radical (unpaired) electrons. The van der Waals surface area contributed by atoms with Gasteiger partial charge >= 0.3 is 0 Å². The second-order valence-electron chi connectivity index (χ2n) is 3.45. The monoisotopic (exact) mass is 216 g/mol. The summed E-state index contributed by atoms with van der Waals surface area (Å²) in [7, 11) is 0. The van der Waals surface area contributed by atoms with Crippen molar-refractivity contribution in [1.82, 2.24) is 0 Å². The minimum absolute atomic E-state index is 0.244. The van der Waals surface area contributed by atoms with Crippen LogP contribution in [0, 0.1) is 5.92 Å². The number of hydrogen-bond acceptors (Lipinski definition) is 1. The molecule has 1 fully saturated rings. The molecule has 1 nitrogen and oxygen atoms in total. The Morgan fingerprint density at radius 1 is 1.38 bits per heavy atom. The van der Waals surface area contributed by atoms with Gasteiger partial charge in [0.15, 0.2) is 0 Å². The van der Waals surface area contributed by atoms with Crippen molar-refractivity contribution in [3.05, 3.63) is 33.8 Å². The number of halogens is 2. The fraction of sp³-hybridized carbons (Fsp3) is 0.400. The Balaban J connectivity index is 2.25. The first-order valence-electron chi connectivity index (χ1n) is 4.28. The summed E-state index contributed by atoms with van der Waals surface area (Å²) in [5, 5.41) is 10.4. The van der Waals surface area contributed by atoms with E-state index in [0.29, 0.717) is 16.9 Å². The SMILES string of the molecule is OC[C@@H]1C[C@H]1c1cc(Cl)ccc1Cl. The largest absolute Gasteiger partial charge is 0.396 e. The van der Waals surface area contributed by atoms with E-state index in [1.165, 1.54) is 0 Å². The van der Waals surface area contributed by atoms with Crippen LogP contribution in [0.1, 0.15) is 17.9 Å². The van der Waals surface area contributed by atoms with E-state index in [4.69, 9.17) is 28.3 Å². The van der Waals surface area contributed by atoms with Gasteiger partial charge in [-0.15, -0.1) is 0 Å². The van der Waals surface area contributed by atoms with Gasteiger partial charge in [0.05, 0.1) is 0 Å². The van der Waals surface area contributed by atoms with Gasteiger partial charge in [-0.1, -0.05) is 23.2 Å². The highest BCUT2D eigenvalue weighted by atomic mass is 35.5. The molecule has 0 spiro atoms. The maximum absolute atomic E-state index is 8.92. The highest BCUT2D eigenvalue weighted by Gasteiger charge is 2.38. The topological polar surface area (TPSA) is 20.2 Å². The van der Waals surface area contributed by atoms with Crippen LogP contribution in [0.15, 0.2) is 18.2 Å². The second-order valence-corrected chi connectivity index (χ2v) is 4.29. The van der Waals surface area contributed by atoms with Gasteiger partial charge in [-0.3, -0.25) is 0 Å². The first-order valence-corrected chi connectivity index (χ1v) is 5.03. The van der Waals surface area contributed by atoms with Crippen LogP contribution in [-0.4, -0.2) is 11.7 Å². The Labute approximate surface area is 87.3 Å². The Morgan fingerprint density at radius 3 is 2.77 bits per heavy atom. The zero-order valence-electron chi connectivity index (χ0n) is 7.00. The molecule has 1 aliphatic carbocycles. The van der Waals surface area contributed by atoms with Crippen LogP contribution in [0.25, 0.3) is 0 Å². The average molecular weight is 217 g/mol. The summed E-state index contributed by atoms with van der Waals surface area (Å²) in [6.07, 6.45) is 1.02. The molecule has 2 rings (SSSR count). The maximum Gasteiger partial charge on any atom is 0.0465 e. The van der Waals surface area contributed by atoms with Crippen molar-refractivity contribution in [2.45, 2.75) is 12.3 Å². The van der Waals surface area contributed by atoms with Gasteiger partial charge in [-0.2, -0.15) is 0 Å². The van der Waals surface area contributed by atoms with Crippen molar-refractivity contribution in [3.8, 4) is 0 Å². The molecule has 0 amide bonds. The van der Waals surface area contributed by atoms with E-state index < -0.39 is 0 Å². The van der Waals surface area contributed by atoms with Crippen LogP contribution in [0.2, 0.25) is 10.0 Å². The molecular formula is C10H10Cl2O. The molecule has 0 saturated heterocycles. The molecule has 1 N–H and O–H groups in total. The smallest absolute Gasteiger partial charge is 0.0465 e. The first kappa shape index (κ1) is 9.32. The van der Waals surface area contributed by atoms with Crippen molar-refractivity contribution < 1.29 is 5.11 Å². The summed E-state index contributed by atoms with van der Waals surface area (Å²) < 4.78 is 0. The fourth-order valence-corrected chi connectivity index (χ4v) is 2.07. The molecule has 0 aliphatic heterocycles. The number of aliphatic hydroxyl groups is 1. The third-order valence-electron chi connectivity index (χ3n) is 2.51. The van der Waals surface area contributed by atoms with E-state index in [1.807, 2.05) is 12.1 Å². The predicted octanol–water partition coefficient (Wildman–Crippen LogP) is 3.09. The molecule has 0 bridgehead atoms. The van der Waals surface area contributed by atoms with E-state index >= 15 is 0 Å². The molecular weight excluding hydrogens is 207 g/mol. The van der Waals surface area contributed by atoms with E-state index in [9.17, 15) is 0 Å². The molecule has 1 saturated carbocycles. The molecule has 1 aliphatic rings. The van der Waals surface area contributed by atoms with Crippen LogP contribution < -0.4 is 0 Å². The van der Waals surface area contributed by atoms with Crippen molar-refractivity contribution in [3.63, 3.8) is 0 Å². The van der Waals surface area contributed by atoms with Crippen LogP contribution >= 0.6 is 23.2 Å². The molecule has 0 unspecified atom stereocenters. The second kappa shape index (κ2) is 3.49. The zero-order valence-corrected chi connectivity index (χ0v) is 8.52. The van der Waals surface area contributed by atoms with Gasteiger partial charge < -0.3 is 5.11 Å². The van der Waals surface area contributed by atoms with E-state index in [1.54, 1.807) is 6.07 Å². The molecule has 1 aromatic carbocycles. The van der Waals surface area contributed by atoms with Crippen molar-refractivity contribution in [2.75, 3.05) is 6.61 Å². The van der Waals surface area contributed by atoms with Crippen LogP contribution in [0.3, 0.4) is 0 Å². The Morgan fingerprint density at radius 2 is 2.15 bits per heavy atom. The Kier molecular flexibility index (Phi) is 2.50. The van der Waals surface area contributed by atoms with Crippen LogP contribution in [0.4, 0.5) is 0 Å². The summed E-state index contributed by atoms with van der Waals surface area (Å²) in [4.78, 5) is 0. The van der Waals surface area contributed by atoms with Crippen LogP contribution in [0.5, 0.6) is 0 Å². The highest BCUT2D eigenvalue weighted by molar-refractivity contribution is 6.33. The molecule has 13 heavy (non-hydrogen) atoms. The highest BCUT2D eigenvalue weighted by Crippen LogP contribution is 2.49. The van der Waals surface area contributed by atoms with Gasteiger partial charge in [-0.05, 0) is 42.0 Å². The van der Waals surface area contributed by atoms with Crippen LogP contribution in [-0.2, 0) is 0 Å². The van der Waals surface area contributed by atoms with Crippen molar-refractivity contribution in [1.29, 1.82) is 0 Å². The first-order chi connectivity index (χ1) is 6.22. The van der Waals surface area contributed by atoms with Gasteiger partial charge in [0.2, 0.25) is 0 Å². The lowest BCUT2D eigenvalue weighted by Gasteiger charge is -2.02. The minimum Gasteiger partial charge on any atom is -0.396 e. The normalized spacial score (nSPS) is 26.1. The Bertz CT molecular complexity index is 325. The third-order valence-corrected chi connectivity index (χ3v) is 3.09. The molecule has 2 atom stereocenters. The average Bonchev–Trinajstić information content (AvgIpc) is 2.88. The van der Waals surface area contributed by atoms with Gasteiger partial charge in [0.1, 0.15) is 0 Å². The van der Waals surface area contributed by atoms with Crippen molar-refractivity contribution >= 4 is 23.2 Å². The van der Waals surface area contributed by atoms with E-state index in [-0.39, 0.29) is 6.61 Å². The summed E-state index contributed by atoms with van der Waals surface area (Å²) in [5.41, 5.74) is 1.08. The summed E-state index contributed by atoms with van der Waals surface area (Å²) in [6.45, 7) is 0.244. The molecule has 70 valence electrons. The van der Waals surface area contributed by atoms with E-state index in [2.05, 4.69) is 0 Å². The lowest BCUT2D eigenvalue weighted by Crippen LogP contribution is -1.89. The standard InChI is InChI=1S/C10H10Cl2O/c11-7-1-2-10(12)9(4-7)8-3-6(8)5-13/h1-2,4,6,8,13H,3,5H2/t6-,8+/m0/s1. The fourth-order valence-electron chi connectivity index (χ4n) is 1.63. The number of aliphatic hydroxyl groups excluding tert-OH is 1. The molecule has 0 heterocycles. The third kappa shape index (κ3) is 1.83. The molecule has 1 aromatic rings. The summed E-state index contributed by atoms with van der Waals surface area (Å²) >= 11 is 11.9. The quantitative estimate of drug-likeness (QED) is 0.806. The minimum atomic E-state index is 0.244. The summed E-state index contributed by atoms with van der Waals surface area (Å²) in [6, 6.07) is 5.49. The lowest BCUT2D eigenvalue weighted by molar-refractivity contribution is 0.274. The van der Waals surface area contributed by atoms with Gasteiger partial charge in [0, 0.05) is 16.7 Å². The van der Waals surface area contributed by atoms with Crippen molar-refractivity contribution in [2.24, 2.45) is 5.92 Å². The predicted molar refractivity (Wildman–Crippen MR) is 54.4 cm³/mol. The molecule has 0 aromatic heterocycles. The lowest BCUT2D eigenvalue weighted by atomic mass is 10.1. The van der Waals surface area contributed by atoms with Gasteiger partial charge in [-0.25, -0.2) is 0 Å². The zero-order chi connectivity index (χ0) is 9.42. The van der Waals surface area contributed by atoms with E-state index in [0.717, 1.165) is 17.0 Å².